The summed E-state index contributed by atoms with van der Waals surface area (Å²) in [5.74, 6) is 2.37. The Balaban J connectivity index is 1.15. The van der Waals surface area contributed by atoms with Crippen LogP contribution in [0.2, 0.25) is 0 Å². The second-order valence-corrected chi connectivity index (χ2v) is 19.3. The molecule has 18 atom stereocenters. The zero-order valence-electron chi connectivity index (χ0n) is 31.5. The average Bonchev–Trinajstić information content (AvgIpc) is 3.07. The van der Waals surface area contributed by atoms with Gasteiger partial charge < -0.3 is 49.6 Å². The first kappa shape index (κ1) is 37.6. The molecule has 0 amide bonds. The number of rotatable bonds is 5. The molecule has 2 saturated heterocycles. The molecule has 50 heavy (non-hydrogen) atoms. The van der Waals surface area contributed by atoms with Crippen molar-refractivity contribution in [2.45, 2.75) is 162 Å². The van der Waals surface area contributed by atoms with Crippen molar-refractivity contribution in [1.29, 1.82) is 0 Å². The standard InChI is InChI=1S/C40H66O10/c1-21-10-15-40(20-49-34-32(45)30(43)24(41)18-47-34)17-16-38(6)23(29(40)22(21)2)8-9-27-37(5)13-12-28(36(3,4)26(37)11-14-39(27,38)7)50-35-33(46)31(44)25(42)19-48-35/h8,21-22,24-35,41-46H,9-20H2,1-7H3/t21-,22+,24-,25-,26+,27-,28+,29+,30-,31-,32+,33+,34+,35-,37+,38-,39-,40-/m1/s1. The lowest BCUT2D eigenvalue weighted by Crippen LogP contribution is -2.66. The van der Waals surface area contributed by atoms with Crippen LogP contribution < -0.4 is 0 Å². The van der Waals surface area contributed by atoms with Gasteiger partial charge in [-0.25, -0.2) is 0 Å². The maximum atomic E-state index is 10.7. The molecule has 10 heteroatoms. The molecule has 7 rings (SSSR count). The summed E-state index contributed by atoms with van der Waals surface area (Å²) in [7, 11) is 0. The molecule has 2 heterocycles. The summed E-state index contributed by atoms with van der Waals surface area (Å²) >= 11 is 0. The fourth-order valence-electron chi connectivity index (χ4n) is 13.3. The normalized spacial score (nSPS) is 56.3. The van der Waals surface area contributed by atoms with Crippen LogP contribution in [-0.2, 0) is 18.9 Å². The van der Waals surface area contributed by atoms with Crippen LogP contribution in [0.5, 0.6) is 0 Å². The predicted octanol–water partition coefficient (Wildman–Crippen LogP) is 3.92. The third kappa shape index (κ3) is 5.47. The van der Waals surface area contributed by atoms with Crippen LogP contribution in [0, 0.1) is 56.7 Å². The minimum absolute atomic E-state index is 0.0407. The quantitative estimate of drug-likeness (QED) is 0.183. The Labute approximate surface area is 298 Å². The maximum Gasteiger partial charge on any atom is 0.186 e. The molecule has 0 bridgehead atoms. The third-order valence-electron chi connectivity index (χ3n) is 16.8. The second kappa shape index (κ2) is 13.0. The van der Waals surface area contributed by atoms with Gasteiger partial charge in [0.25, 0.3) is 0 Å². The smallest absolute Gasteiger partial charge is 0.186 e. The Hall–Kier alpha value is -0.660. The van der Waals surface area contributed by atoms with E-state index in [1.54, 1.807) is 5.57 Å². The van der Waals surface area contributed by atoms with E-state index in [-0.39, 0.29) is 46.4 Å². The molecule has 2 aliphatic heterocycles. The fraction of sp³-hybridized carbons (Fsp3) is 0.950. The average molecular weight is 707 g/mol. The monoisotopic (exact) mass is 706 g/mol. The van der Waals surface area contributed by atoms with Crippen LogP contribution in [-0.4, -0.2) is 106 Å². The number of allylic oxidation sites excluding steroid dienone is 2. The maximum absolute atomic E-state index is 10.7. The van der Waals surface area contributed by atoms with Gasteiger partial charge in [0.2, 0.25) is 0 Å². The highest BCUT2D eigenvalue weighted by Gasteiger charge is 2.69. The van der Waals surface area contributed by atoms with E-state index in [4.69, 9.17) is 18.9 Å². The van der Waals surface area contributed by atoms with Crippen molar-refractivity contribution in [3.8, 4) is 0 Å². The molecule has 4 saturated carbocycles. The van der Waals surface area contributed by atoms with Gasteiger partial charge in [-0.05, 0) is 109 Å². The summed E-state index contributed by atoms with van der Waals surface area (Å²) in [6, 6.07) is 0. The summed E-state index contributed by atoms with van der Waals surface area (Å²) in [5, 5.41) is 62.0. The Kier molecular flexibility index (Phi) is 9.78. The number of fused-ring (bicyclic) bond motifs is 7. The molecule has 5 aliphatic carbocycles. The zero-order chi connectivity index (χ0) is 36.2. The lowest BCUT2D eigenvalue weighted by molar-refractivity contribution is -0.308. The molecule has 0 spiro atoms. The number of aliphatic hydroxyl groups is 6. The van der Waals surface area contributed by atoms with Gasteiger partial charge in [0.1, 0.15) is 36.6 Å². The highest BCUT2D eigenvalue weighted by atomic mass is 16.7. The molecule has 0 aromatic carbocycles. The number of hydrogen-bond acceptors (Lipinski definition) is 10. The largest absolute Gasteiger partial charge is 0.388 e. The van der Waals surface area contributed by atoms with Crippen LogP contribution in [0.1, 0.15) is 106 Å². The summed E-state index contributed by atoms with van der Waals surface area (Å²) < 4.78 is 24.3. The topological polar surface area (TPSA) is 158 Å². The Morgan fingerprint density at radius 3 is 2.04 bits per heavy atom. The SMILES string of the molecule is C[C@H]1[C@H](C)CC[C@]2(CO[C@@H]3OC[C@@H](O)[C@@H](O)[C@@H]3O)CC[C@]3(C)C(=CC[C@@H]4[C@@]5(C)CC[C@H](O[C@H]6OC[C@@H](O)[C@@H](O)[C@@H]6O)C(C)(C)[C@@H]5CC[C@]43C)[C@H]12. The molecular weight excluding hydrogens is 640 g/mol. The van der Waals surface area contributed by atoms with E-state index in [0.29, 0.717) is 36.2 Å². The van der Waals surface area contributed by atoms with Crippen molar-refractivity contribution in [2.24, 2.45) is 56.7 Å². The van der Waals surface area contributed by atoms with E-state index in [1.807, 2.05) is 0 Å². The number of aliphatic hydroxyl groups excluding tert-OH is 6. The molecular formula is C40H66O10. The van der Waals surface area contributed by atoms with Crippen molar-refractivity contribution in [1.82, 2.24) is 0 Å². The molecule has 286 valence electrons. The van der Waals surface area contributed by atoms with Crippen molar-refractivity contribution in [2.75, 3.05) is 19.8 Å². The Morgan fingerprint density at radius 1 is 0.720 bits per heavy atom. The van der Waals surface area contributed by atoms with E-state index in [1.165, 1.54) is 0 Å². The molecule has 6 N–H and O–H groups in total. The van der Waals surface area contributed by atoms with Gasteiger partial charge in [0, 0.05) is 5.41 Å². The Bertz CT molecular complexity index is 1290. The highest BCUT2D eigenvalue weighted by molar-refractivity contribution is 5.34. The number of hydrogen-bond donors (Lipinski definition) is 6. The first-order valence-corrected chi connectivity index (χ1v) is 19.7. The van der Waals surface area contributed by atoms with Crippen LogP contribution >= 0.6 is 0 Å². The van der Waals surface area contributed by atoms with E-state index in [2.05, 4.69) is 54.5 Å². The first-order valence-electron chi connectivity index (χ1n) is 19.7. The molecule has 6 fully saturated rings. The van der Waals surface area contributed by atoms with Crippen molar-refractivity contribution >= 4 is 0 Å². The summed E-state index contributed by atoms with van der Waals surface area (Å²) in [4.78, 5) is 0. The zero-order valence-corrected chi connectivity index (χ0v) is 31.5. The summed E-state index contributed by atoms with van der Waals surface area (Å²) in [6.45, 7) is 17.5. The molecule has 0 unspecified atom stereocenters. The van der Waals surface area contributed by atoms with Gasteiger partial charge in [0.15, 0.2) is 12.6 Å². The predicted molar refractivity (Wildman–Crippen MR) is 185 cm³/mol. The Morgan fingerprint density at radius 2 is 1.36 bits per heavy atom. The van der Waals surface area contributed by atoms with Crippen molar-refractivity contribution in [3.63, 3.8) is 0 Å². The number of ether oxygens (including phenoxy) is 4. The van der Waals surface area contributed by atoms with Crippen molar-refractivity contribution in [3.05, 3.63) is 11.6 Å². The van der Waals surface area contributed by atoms with Gasteiger partial charge in [-0.3, -0.25) is 0 Å². The fourth-order valence-corrected chi connectivity index (χ4v) is 13.3. The van der Waals surface area contributed by atoms with Crippen LogP contribution in [0.25, 0.3) is 0 Å². The molecule has 0 aromatic heterocycles. The first-order chi connectivity index (χ1) is 23.4. The van der Waals surface area contributed by atoms with E-state index in [9.17, 15) is 30.6 Å². The van der Waals surface area contributed by atoms with Gasteiger partial charge >= 0.3 is 0 Å². The van der Waals surface area contributed by atoms with E-state index in [0.717, 1.165) is 57.8 Å². The molecule has 0 aromatic rings. The third-order valence-corrected chi connectivity index (χ3v) is 16.8. The van der Waals surface area contributed by atoms with Gasteiger partial charge in [-0.2, -0.15) is 0 Å². The lowest BCUT2D eigenvalue weighted by Gasteiger charge is -2.72. The van der Waals surface area contributed by atoms with Crippen LogP contribution in [0.15, 0.2) is 11.6 Å². The molecule has 0 radical (unpaired) electrons. The van der Waals surface area contributed by atoms with Crippen molar-refractivity contribution < 1.29 is 49.6 Å². The van der Waals surface area contributed by atoms with Gasteiger partial charge in [-0.15, -0.1) is 0 Å². The van der Waals surface area contributed by atoms with E-state index < -0.39 is 49.2 Å². The minimum atomic E-state index is -1.28. The minimum Gasteiger partial charge on any atom is -0.388 e. The van der Waals surface area contributed by atoms with Crippen LogP contribution in [0.3, 0.4) is 0 Å². The lowest BCUT2D eigenvalue weighted by atomic mass is 9.33. The highest BCUT2D eigenvalue weighted by Crippen LogP contribution is 2.76. The summed E-state index contributed by atoms with van der Waals surface area (Å²) in [6.07, 6.45) is 2.76. The van der Waals surface area contributed by atoms with E-state index >= 15 is 0 Å². The van der Waals surface area contributed by atoms with Gasteiger partial charge in [-0.1, -0.05) is 60.1 Å². The summed E-state index contributed by atoms with van der Waals surface area (Å²) in [5.41, 5.74) is 1.63. The molecule has 7 aliphatic rings. The van der Waals surface area contributed by atoms with Gasteiger partial charge in [0.05, 0.1) is 25.9 Å². The molecule has 10 nitrogen and oxygen atoms in total. The van der Waals surface area contributed by atoms with Crippen LogP contribution in [0.4, 0.5) is 0 Å². The second-order valence-electron chi connectivity index (χ2n) is 19.3.